The summed E-state index contributed by atoms with van der Waals surface area (Å²) in [6, 6.07) is 9.96. The fourth-order valence-electron chi connectivity index (χ4n) is 5.70. The van der Waals surface area contributed by atoms with Crippen molar-refractivity contribution in [2.75, 3.05) is 46.4 Å². The van der Waals surface area contributed by atoms with Crippen molar-refractivity contribution in [2.45, 2.75) is 26.8 Å². The van der Waals surface area contributed by atoms with Crippen molar-refractivity contribution in [3.05, 3.63) is 53.9 Å². The number of carbonyl (C=O) groups excluding carboxylic acids is 3. The van der Waals surface area contributed by atoms with Gasteiger partial charge in [0.15, 0.2) is 0 Å². The molecule has 1 aliphatic carbocycles. The van der Waals surface area contributed by atoms with Gasteiger partial charge in [0.2, 0.25) is 11.8 Å². The largest absolute Gasteiger partial charge is 0.383 e. The maximum Gasteiger partial charge on any atom is 0.257 e. The first-order valence-electron chi connectivity index (χ1n) is 12.6. The highest BCUT2D eigenvalue weighted by Crippen LogP contribution is 2.54. The number of aromatic nitrogens is 2. The lowest BCUT2D eigenvalue weighted by Crippen LogP contribution is -2.64. The maximum absolute atomic E-state index is 13.4. The molecule has 2 saturated heterocycles. The molecule has 2 aromatic rings. The van der Waals surface area contributed by atoms with Crippen LogP contribution in [0.25, 0.3) is 0 Å². The van der Waals surface area contributed by atoms with Gasteiger partial charge in [-0.1, -0.05) is 44.2 Å². The van der Waals surface area contributed by atoms with Crippen LogP contribution in [-0.2, 0) is 20.9 Å². The van der Waals surface area contributed by atoms with Crippen molar-refractivity contribution in [3.63, 3.8) is 0 Å². The number of ether oxygens (including phenoxy) is 1. The standard InChI is InChI=1S/C27H35N5O4/c1-26(2)11-21(26)25(35)31-17-27(18-31)16-30(15-22(27)23(33)28-9-10-36-3)24(34)20-12-29-32(14-20)13-19-7-5-4-6-8-19/h4-8,12,14,21-22H,9-11,13,15-18H2,1-3H3,(H,28,33)/t21-,22-/m1/s1. The van der Waals surface area contributed by atoms with E-state index in [0.717, 1.165) is 12.0 Å². The minimum atomic E-state index is -0.415. The quantitative estimate of drug-likeness (QED) is 0.564. The van der Waals surface area contributed by atoms with Gasteiger partial charge in [-0.15, -0.1) is 0 Å². The topological polar surface area (TPSA) is 96.8 Å². The monoisotopic (exact) mass is 493 g/mol. The molecule has 0 unspecified atom stereocenters. The minimum absolute atomic E-state index is 0.0638. The highest BCUT2D eigenvalue weighted by atomic mass is 16.5. The zero-order chi connectivity index (χ0) is 25.5. The van der Waals surface area contributed by atoms with E-state index in [2.05, 4.69) is 24.3 Å². The Kier molecular flexibility index (Phi) is 6.36. The first kappa shape index (κ1) is 24.5. The molecule has 3 heterocycles. The number of carbonyl (C=O) groups is 3. The third-order valence-corrected chi connectivity index (χ3v) is 8.06. The molecular formula is C27H35N5O4. The molecule has 1 aromatic heterocycles. The van der Waals surface area contributed by atoms with Gasteiger partial charge in [0.1, 0.15) is 0 Å². The summed E-state index contributed by atoms with van der Waals surface area (Å²) in [5.41, 5.74) is 1.26. The van der Waals surface area contributed by atoms with E-state index in [0.29, 0.717) is 51.4 Å². The Labute approximate surface area is 211 Å². The zero-order valence-electron chi connectivity index (χ0n) is 21.3. The van der Waals surface area contributed by atoms with Crippen LogP contribution in [0.3, 0.4) is 0 Å². The fraction of sp³-hybridized carbons (Fsp3) is 0.556. The number of rotatable bonds is 8. The summed E-state index contributed by atoms with van der Waals surface area (Å²) in [6.45, 7) is 7.47. The van der Waals surface area contributed by atoms with Gasteiger partial charge in [0, 0.05) is 57.4 Å². The van der Waals surface area contributed by atoms with Crippen LogP contribution >= 0.6 is 0 Å². The first-order chi connectivity index (χ1) is 17.2. The number of methoxy groups -OCH3 is 1. The molecule has 5 rings (SSSR count). The Morgan fingerprint density at radius 3 is 2.44 bits per heavy atom. The summed E-state index contributed by atoms with van der Waals surface area (Å²) in [5.74, 6) is -0.335. The van der Waals surface area contributed by atoms with Crippen molar-refractivity contribution in [3.8, 4) is 0 Å². The molecule has 0 bridgehead atoms. The predicted octanol–water partition coefficient (Wildman–Crippen LogP) is 1.64. The van der Waals surface area contributed by atoms with Crippen molar-refractivity contribution >= 4 is 17.7 Å². The van der Waals surface area contributed by atoms with Crippen molar-refractivity contribution in [1.82, 2.24) is 24.9 Å². The average molecular weight is 494 g/mol. The van der Waals surface area contributed by atoms with E-state index in [1.54, 1.807) is 29.1 Å². The summed E-state index contributed by atoms with van der Waals surface area (Å²) in [7, 11) is 1.59. The van der Waals surface area contributed by atoms with Crippen LogP contribution in [0.1, 0.15) is 36.2 Å². The molecule has 9 nitrogen and oxygen atoms in total. The summed E-state index contributed by atoms with van der Waals surface area (Å²) in [4.78, 5) is 43.1. The highest BCUT2D eigenvalue weighted by molar-refractivity contribution is 5.95. The van der Waals surface area contributed by atoms with Crippen molar-refractivity contribution in [2.24, 2.45) is 22.7 Å². The fourth-order valence-corrected chi connectivity index (χ4v) is 5.70. The smallest absolute Gasteiger partial charge is 0.257 e. The van der Waals surface area contributed by atoms with Gasteiger partial charge < -0.3 is 19.9 Å². The third kappa shape index (κ3) is 4.64. The lowest BCUT2D eigenvalue weighted by atomic mass is 9.71. The first-order valence-corrected chi connectivity index (χ1v) is 12.6. The number of hydrogen-bond acceptors (Lipinski definition) is 5. The molecule has 2 atom stereocenters. The van der Waals surface area contributed by atoms with Crippen molar-refractivity contribution < 1.29 is 19.1 Å². The molecule has 3 amide bonds. The molecule has 9 heteroatoms. The van der Waals surface area contributed by atoms with Gasteiger partial charge in [0.05, 0.1) is 30.8 Å². The van der Waals surface area contributed by atoms with Crippen LogP contribution in [0.4, 0.5) is 0 Å². The Bertz CT molecular complexity index is 1140. The van der Waals surface area contributed by atoms with E-state index in [4.69, 9.17) is 4.74 Å². The molecule has 2 aliphatic heterocycles. The van der Waals surface area contributed by atoms with Gasteiger partial charge in [-0.2, -0.15) is 5.10 Å². The normalized spacial score (nSPS) is 23.4. The molecule has 1 saturated carbocycles. The Hall–Kier alpha value is -3.20. The number of hydrogen-bond donors (Lipinski definition) is 1. The van der Waals surface area contributed by atoms with Crippen LogP contribution in [0.5, 0.6) is 0 Å². The Balaban J connectivity index is 1.28. The number of benzene rings is 1. The molecule has 1 N–H and O–H groups in total. The second-order valence-corrected chi connectivity index (χ2v) is 11.2. The van der Waals surface area contributed by atoms with Crippen molar-refractivity contribution in [1.29, 1.82) is 0 Å². The molecule has 192 valence electrons. The second kappa shape index (κ2) is 9.35. The van der Waals surface area contributed by atoms with Crippen LogP contribution in [0.15, 0.2) is 42.7 Å². The van der Waals surface area contributed by atoms with E-state index in [1.165, 1.54) is 0 Å². The lowest BCUT2D eigenvalue weighted by Gasteiger charge is -2.50. The van der Waals surface area contributed by atoms with E-state index in [9.17, 15) is 14.4 Å². The SMILES string of the molecule is COCCNC(=O)[C@H]1CN(C(=O)c2cnn(Cc3ccccc3)c2)CC12CN(C(=O)[C@H]1CC1(C)C)C2. The third-order valence-electron chi connectivity index (χ3n) is 8.06. The van der Waals surface area contributed by atoms with Gasteiger partial charge in [0.25, 0.3) is 5.91 Å². The lowest BCUT2D eigenvalue weighted by molar-refractivity contribution is -0.151. The molecule has 36 heavy (non-hydrogen) atoms. The number of nitrogens with one attached hydrogen (secondary N) is 1. The molecular weight excluding hydrogens is 458 g/mol. The van der Waals surface area contributed by atoms with Crippen LogP contribution in [0, 0.1) is 22.7 Å². The summed E-state index contributed by atoms with van der Waals surface area (Å²) in [5, 5.41) is 7.33. The summed E-state index contributed by atoms with van der Waals surface area (Å²) >= 11 is 0. The summed E-state index contributed by atoms with van der Waals surface area (Å²) < 4.78 is 6.82. The van der Waals surface area contributed by atoms with E-state index in [-0.39, 0.29) is 35.0 Å². The number of nitrogens with zero attached hydrogens (tertiary/aromatic N) is 4. The Morgan fingerprint density at radius 1 is 1.08 bits per heavy atom. The van der Waals surface area contributed by atoms with Crippen LogP contribution in [0.2, 0.25) is 0 Å². The molecule has 1 aromatic carbocycles. The molecule has 3 aliphatic rings. The maximum atomic E-state index is 13.4. The number of amides is 3. The van der Waals surface area contributed by atoms with Gasteiger partial charge in [-0.3, -0.25) is 19.1 Å². The summed E-state index contributed by atoms with van der Waals surface area (Å²) in [6.07, 6.45) is 4.27. The number of likely N-dealkylation sites (tertiary alicyclic amines) is 2. The zero-order valence-corrected chi connectivity index (χ0v) is 21.3. The Morgan fingerprint density at radius 2 is 1.78 bits per heavy atom. The molecule has 0 radical (unpaired) electrons. The van der Waals surface area contributed by atoms with E-state index < -0.39 is 5.41 Å². The van der Waals surface area contributed by atoms with Gasteiger partial charge in [-0.05, 0) is 17.4 Å². The predicted molar refractivity (Wildman–Crippen MR) is 133 cm³/mol. The van der Waals surface area contributed by atoms with Gasteiger partial charge in [-0.25, -0.2) is 0 Å². The van der Waals surface area contributed by atoms with Crippen LogP contribution in [-0.4, -0.2) is 83.7 Å². The van der Waals surface area contributed by atoms with E-state index in [1.807, 2.05) is 35.2 Å². The van der Waals surface area contributed by atoms with Crippen LogP contribution < -0.4 is 5.32 Å². The van der Waals surface area contributed by atoms with Gasteiger partial charge >= 0.3 is 0 Å². The highest BCUT2D eigenvalue weighted by Gasteiger charge is 2.61. The van der Waals surface area contributed by atoms with E-state index >= 15 is 0 Å². The molecule has 1 spiro atoms. The second-order valence-electron chi connectivity index (χ2n) is 11.2. The minimum Gasteiger partial charge on any atom is -0.383 e. The average Bonchev–Trinajstić information content (AvgIpc) is 3.18. The molecule has 3 fully saturated rings.